The molecule has 1 N–H and O–H groups in total. The summed E-state index contributed by atoms with van der Waals surface area (Å²) in [5.41, 5.74) is 2.26. The largest absolute Gasteiger partial charge is 0.333 e. The maximum Gasteiger partial charge on any atom is 0.0953 e. The fraction of sp³-hybridized carbons (Fsp3) is 0.333. The van der Waals surface area contributed by atoms with Crippen molar-refractivity contribution in [2.75, 3.05) is 6.54 Å². The number of rotatable bonds is 5. The van der Waals surface area contributed by atoms with Gasteiger partial charge in [0, 0.05) is 25.1 Å². The van der Waals surface area contributed by atoms with Crippen LogP contribution in [-0.4, -0.2) is 21.1 Å². The summed E-state index contributed by atoms with van der Waals surface area (Å²) in [6, 6.07) is 4.02. The Balaban J connectivity index is 1.97. The molecule has 0 fully saturated rings. The van der Waals surface area contributed by atoms with E-state index in [1.165, 1.54) is 5.56 Å². The minimum atomic E-state index is 0.826. The Morgan fingerprint density at radius 3 is 3.12 bits per heavy atom. The lowest BCUT2D eigenvalue weighted by atomic mass is 10.3. The van der Waals surface area contributed by atoms with E-state index in [0.717, 1.165) is 25.3 Å². The molecule has 16 heavy (non-hydrogen) atoms. The van der Waals surface area contributed by atoms with Gasteiger partial charge in [-0.2, -0.15) is 0 Å². The molecule has 2 rings (SSSR count). The van der Waals surface area contributed by atoms with E-state index in [-0.39, 0.29) is 0 Å². The van der Waals surface area contributed by atoms with Crippen LogP contribution in [0, 0.1) is 0 Å². The van der Waals surface area contributed by atoms with Crippen molar-refractivity contribution < 1.29 is 0 Å². The monoisotopic (exact) mass is 216 g/mol. The molecule has 0 amide bonds. The van der Waals surface area contributed by atoms with Gasteiger partial charge in [-0.05, 0) is 18.2 Å². The minimum absolute atomic E-state index is 0.826. The smallest absolute Gasteiger partial charge is 0.0953 e. The van der Waals surface area contributed by atoms with Crippen LogP contribution in [0.1, 0.15) is 18.2 Å². The Kier molecular flexibility index (Phi) is 3.66. The van der Waals surface area contributed by atoms with Crippen molar-refractivity contribution in [2.24, 2.45) is 0 Å². The van der Waals surface area contributed by atoms with Crippen LogP contribution in [-0.2, 0) is 13.1 Å². The van der Waals surface area contributed by atoms with Gasteiger partial charge in [-0.25, -0.2) is 4.98 Å². The summed E-state index contributed by atoms with van der Waals surface area (Å²) < 4.78 is 2.07. The second-order valence-corrected chi connectivity index (χ2v) is 3.68. The normalized spacial score (nSPS) is 10.6. The molecular weight excluding hydrogens is 200 g/mol. The maximum absolute atomic E-state index is 4.33. The molecule has 0 radical (unpaired) electrons. The zero-order chi connectivity index (χ0) is 11.2. The third-order valence-electron chi connectivity index (χ3n) is 2.33. The summed E-state index contributed by atoms with van der Waals surface area (Å²) in [5.74, 6) is 0. The molecule has 0 saturated carbocycles. The molecule has 2 aromatic rings. The van der Waals surface area contributed by atoms with Crippen LogP contribution in [0.3, 0.4) is 0 Å². The molecular formula is C12H16N4. The SMILES string of the molecule is CCNCc1cn(Cc2cccnc2)cn1. The number of aromatic nitrogens is 3. The van der Waals surface area contributed by atoms with Crippen molar-refractivity contribution >= 4 is 0 Å². The zero-order valence-corrected chi connectivity index (χ0v) is 9.43. The molecule has 0 aromatic carbocycles. The number of nitrogens with zero attached hydrogens (tertiary/aromatic N) is 3. The number of hydrogen-bond donors (Lipinski definition) is 1. The van der Waals surface area contributed by atoms with Crippen molar-refractivity contribution in [3.05, 3.63) is 48.3 Å². The van der Waals surface area contributed by atoms with Crippen molar-refractivity contribution in [1.82, 2.24) is 19.9 Å². The van der Waals surface area contributed by atoms with Crippen molar-refractivity contribution in [2.45, 2.75) is 20.0 Å². The Morgan fingerprint density at radius 2 is 2.38 bits per heavy atom. The summed E-state index contributed by atoms with van der Waals surface area (Å²) in [5, 5.41) is 3.25. The maximum atomic E-state index is 4.33. The first kappa shape index (κ1) is 10.8. The summed E-state index contributed by atoms with van der Waals surface area (Å²) in [4.78, 5) is 8.42. The van der Waals surface area contributed by atoms with Crippen molar-refractivity contribution in [3.8, 4) is 0 Å². The van der Waals surface area contributed by atoms with Gasteiger partial charge in [-0.15, -0.1) is 0 Å². The molecule has 4 nitrogen and oxygen atoms in total. The molecule has 4 heteroatoms. The summed E-state index contributed by atoms with van der Waals surface area (Å²) >= 11 is 0. The standard InChI is InChI=1S/C12H16N4/c1-2-13-7-12-9-16(10-15-12)8-11-4-3-5-14-6-11/h3-6,9-10,13H,2,7-8H2,1H3. The Hall–Kier alpha value is -1.68. The molecule has 0 aliphatic heterocycles. The van der Waals surface area contributed by atoms with Crippen LogP contribution in [0.25, 0.3) is 0 Å². The van der Waals surface area contributed by atoms with E-state index < -0.39 is 0 Å². The predicted octanol–water partition coefficient (Wildman–Crippen LogP) is 1.44. The lowest BCUT2D eigenvalue weighted by Crippen LogP contribution is -2.11. The van der Waals surface area contributed by atoms with E-state index in [4.69, 9.17) is 0 Å². The average Bonchev–Trinajstić information content (AvgIpc) is 2.75. The highest BCUT2D eigenvalue weighted by molar-refractivity contribution is 5.10. The molecule has 0 aliphatic rings. The van der Waals surface area contributed by atoms with E-state index in [2.05, 4.69) is 39.0 Å². The second kappa shape index (κ2) is 5.42. The molecule has 2 aromatic heterocycles. The highest BCUT2D eigenvalue weighted by Gasteiger charge is 1.98. The van der Waals surface area contributed by atoms with Gasteiger partial charge in [-0.3, -0.25) is 4.98 Å². The fourth-order valence-corrected chi connectivity index (χ4v) is 1.54. The van der Waals surface area contributed by atoms with Gasteiger partial charge >= 0.3 is 0 Å². The number of nitrogens with one attached hydrogen (secondary N) is 1. The van der Waals surface area contributed by atoms with Gasteiger partial charge in [0.05, 0.1) is 18.6 Å². The van der Waals surface area contributed by atoms with Crippen LogP contribution < -0.4 is 5.32 Å². The van der Waals surface area contributed by atoms with E-state index in [1.54, 1.807) is 6.20 Å². The third kappa shape index (κ3) is 2.90. The highest BCUT2D eigenvalue weighted by Crippen LogP contribution is 2.02. The number of hydrogen-bond acceptors (Lipinski definition) is 3. The molecule has 0 saturated heterocycles. The van der Waals surface area contributed by atoms with Gasteiger partial charge in [0.15, 0.2) is 0 Å². The topological polar surface area (TPSA) is 42.7 Å². The van der Waals surface area contributed by atoms with E-state index in [0.29, 0.717) is 0 Å². The van der Waals surface area contributed by atoms with Crippen LogP contribution in [0.15, 0.2) is 37.1 Å². The Bertz CT molecular complexity index is 422. The first-order valence-corrected chi connectivity index (χ1v) is 5.48. The van der Waals surface area contributed by atoms with Crippen LogP contribution >= 0.6 is 0 Å². The lowest BCUT2D eigenvalue weighted by Gasteiger charge is -2.00. The van der Waals surface area contributed by atoms with E-state index in [9.17, 15) is 0 Å². The summed E-state index contributed by atoms with van der Waals surface area (Å²) in [6.45, 7) is 4.71. The molecule has 84 valence electrons. The quantitative estimate of drug-likeness (QED) is 0.822. The van der Waals surface area contributed by atoms with Gasteiger partial charge in [0.2, 0.25) is 0 Å². The van der Waals surface area contributed by atoms with Gasteiger partial charge < -0.3 is 9.88 Å². The third-order valence-corrected chi connectivity index (χ3v) is 2.33. The first-order valence-electron chi connectivity index (χ1n) is 5.48. The lowest BCUT2D eigenvalue weighted by molar-refractivity contribution is 0.712. The van der Waals surface area contributed by atoms with Gasteiger partial charge in [0.25, 0.3) is 0 Å². The van der Waals surface area contributed by atoms with E-state index in [1.807, 2.05) is 18.6 Å². The molecule has 2 heterocycles. The van der Waals surface area contributed by atoms with Crippen LogP contribution in [0.4, 0.5) is 0 Å². The molecule has 0 atom stereocenters. The molecule has 0 unspecified atom stereocenters. The van der Waals surface area contributed by atoms with E-state index >= 15 is 0 Å². The Morgan fingerprint density at radius 1 is 1.44 bits per heavy atom. The molecule has 0 aliphatic carbocycles. The van der Waals surface area contributed by atoms with Crippen LogP contribution in [0.5, 0.6) is 0 Å². The van der Waals surface area contributed by atoms with Crippen molar-refractivity contribution in [1.29, 1.82) is 0 Å². The highest BCUT2D eigenvalue weighted by atomic mass is 15.0. The number of pyridine rings is 1. The van der Waals surface area contributed by atoms with Crippen LogP contribution in [0.2, 0.25) is 0 Å². The summed E-state index contributed by atoms with van der Waals surface area (Å²) in [6.07, 6.45) is 7.59. The van der Waals surface area contributed by atoms with Gasteiger partial charge in [0.1, 0.15) is 0 Å². The van der Waals surface area contributed by atoms with Crippen molar-refractivity contribution in [3.63, 3.8) is 0 Å². The predicted molar refractivity (Wildman–Crippen MR) is 62.9 cm³/mol. The number of imidazole rings is 1. The summed E-state index contributed by atoms with van der Waals surface area (Å²) in [7, 11) is 0. The fourth-order valence-electron chi connectivity index (χ4n) is 1.54. The molecule has 0 spiro atoms. The molecule has 0 bridgehead atoms. The first-order chi connectivity index (χ1) is 7.88. The minimum Gasteiger partial charge on any atom is -0.333 e. The van der Waals surface area contributed by atoms with Gasteiger partial charge in [-0.1, -0.05) is 13.0 Å². The second-order valence-electron chi connectivity index (χ2n) is 3.68. The zero-order valence-electron chi connectivity index (χ0n) is 9.43. The average molecular weight is 216 g/mol. The Labute approximate surface area is 95.4 Å².